The molecule has 38 heavy (non-hydrogen) atoms. The van der Waals surface area contributed by atoms with Crippen LogP contribution in [0.5, 0.6) is 0 Å². The number of aliphatic imine (C=N–C) groups is 2. The lowest BCUT2D eigenvalue weighted by Gasteiger charge is -2.43. The molecule has 1 aromatic carbocycles. The third-order valence-corrected chi connectivity index (χ3v) is 9.36. The van der Waals surface area contributed by atoms with Gasteiger partial charge in [-0.15, -0.1) is 0 Å². The number of piperidine rings is 1. The smallest absolute Gasteiger partial charge is 0.136 e. The van der Waals surface area contributed by atoms with Gasteiger partial charge in [-0.05, 0) is 112 Å². The minimum absolute atomic E-state index is 0.664. The molecule has 0 spiro atoms. The summed E-state index contributed by atoms with van der Waals surface area (Å²) >= 11 is 1.51. The van der Waals surface area contributed by atoms with Crippen molar-refractivity contribution in [2.45, 2.75) is 73.6 Å². The van der Waals surface area contributed by atoms with E-state index in [0.29, 0.717) is 5.92 Å². The Kier molecular flexibility index (Phi) is 10.3. The molecule has 2 heterocycles. The Labute approximate surface area is 234 Å². The molecule has 1 aliphatic carbocycles. The molecule has 2 aliphatic rings. The molecule has 1 aliphatic heterocycles. The summed E-state index contributed by atoms with van der Waals surface area (Å²) in [6, 6.07) is 4.63. The van der Waals surface area contributed by atoms with Crippen LogP contribution < -0.4 is 0 Å². The zero-order valence-electron chi connectivity index (χ0n) is 24.5. The number of aromatic nitrogens is 1. The van der Waals surface area contributed by atoms with Crippen molar-refractivity contribution < 1.29 is 0 Å². The average molecular weight is 534 g/mol. The summed E-state index contributed by atoms with van der Waals surface area (Å²) < 4.78 is 4.36. The molecule has 1 aromatic heterocycles. The monoisotopic (exact) mass is 533 g/mol. The van der Waals surface area contributed by atoms with Crippen molar-refractivity contribution in [3.63, 3.8) is 0 Å². The van der Waals surface area contributed by atoms with Crippen LogP contribution in [0.3, 0.4) is 0 Å². The Bertz CT molecular complexity index is 1140. The number of hydrogen-bond donors (Lipinski definition) is 0. The minimum atomic E-state index is 0.664. The maximum Gasteiger partial charge on any atom is 0.136 e. The van der Waals surface area contributed by atoms with Gasteiger partial charge >= 0.3 is 0 Å². The highest BCUT2D eigenvalue weighted by Gasteiger charge is 2.35. The van der Waals surface area contributed by atoms with Crippen molar-refractivity contribution >= 4 is 23.1 Å². The molecule has 206 valence electrons. The second kappa shape index (κ2) is 13.7. The van der Waals surface area contributed by atoms with Crippen molar-refractivity contribution in [3.05, 3.63) is 52.2 Å². The summed E-state index contributed by atoms with van der Waals surface area (Å²) in [6.07, 6.45) is 9.97. The van der Waals surface area contributed by atoms with Crippen molar-refractivity contribution in [2.75, 3.05) is 39.3 Å². The predicted octanol–water partition coefficient (Wildman–Crippen LogP) is 7.39. The summed E-state index contributed by atoms with van der Waals surface area (Å²) in [4.78, 5) is 15.3. The highest BCUT2D eigenvalue weighted by molar-refractivity contribution is 7.03. The molecular formula is C32H47N5S. The van der Waals surface area contributed by atoms with Crippen LogP contribution in [0.2, 0.25) is 0 Å². The van der Waals surface area contributed by atoms with Crippen LogP contribution in [-0.4, -0.2) is 65.0 Å². The molecule has 2 fully saturated rings. The van der Waals surface area contributed by atoms with Gasteiger partial charge in [0.2, 0.25) is 0 Å². The molecule has 2 atom stereocenters. The normalized spacial score (nSPS) is 21.9. The van der Waals surface area contributed by atoms with Gasteiger partial charge in [0.05, 0.1) is 6.54 Å². The fraction of sp³-hybridized carbons (Fsp3) is 0.594. The van der Waals surface area contributed by atoms with E-state index < -0.39 is 0 Å². The topological polar surface area (TPSA) is 44.1 Å². The number of aryl methyl sites for hydroxylation is 1. The number of rotatable bonds is 9. The number of likely N-dealkylation sites (N-methyl/N-ethyl adjacent to an activating group) is 1. The molecule has 0 bridgehead atoms. The van der Waals surface area contributed by atoms with E-state index in [0.717, 1.165) is 63.9 Å². The second-order valence-corrected chi connectivity index (χ2v) is 11.8. The van der Waals surface area contributed by atoms with E-state index in [1.165, 1.54) is 69.9 Å². The number of likely N-dealkylation sites (tertiary alicyclic amines) is 1. The van der Waals surface area contributed by atoms with Crippen LogP contribution in [0, 0.1) is 25.7 Å². The first-order valence-electron chi connectivity index (χ1n) is 14.7. The highest BCUT2D eigenvalue weighted by atomic mass is 32.1. The highest BCUT2D eigenvalue weighted by Crippen LogP contribution is 2.36. The zero-order valence-corrected chi connectivity index (χ0v) is 25.3. The van der Waals surface area contributed by atoms with Gasteiger partial charge in [-0.2, -0.15) is 0 Å². The molecule has 2 unspecified atom stereocenters. The van der Waals surface area contributed by atoms with Crippen molar-refractivity contribution in [1.82, 2.24) is 14.2 Å². The Morgan fingerprint density at radius 3 is 2.66 bits per heavy atom. The van der Waals surface area contributed by atoms with Crippen LogP contribution in [-0.2, 0) is 0 Å². The Hall–Kier alpha value is -2.31. The van der Waals surface area contributed by atoms with Gasteiger partial charge in [0.15, 0.2) is 0 Å². The van der Waals surface area contributed by atoms with E-state index in [1.807, 2.05) is 6.20 Å². The molecule has 0 amide bonds. The molecule has 1 saturated heterocycles. The SMILES string of the molecule is CCC(C)=CN=C(c1cc(-c2cnsc2)cc(C)c1C)N1CCC2CCC(=NCCN(CC)CC)CC2C1. The molecule has 2 aromatic rings. The third-order valence-electron chi connectivity index (χ3n) is 8.78. The molecule has 5 nitrogen and oxygen atoms in total. The first-order valence-corrected chi connectivity index (χ1v) is 15.5. The second-order valence-electron chi connectivity index (χ2n) is 11.1. The lowest BCUT2D eigenvalue weighted by molar-refractivity contribution is 0.164. The van der Waals surface area contributed by atoms with Gasteiger partial charge in [0.1, 0.15) is 5.84 Å². The van der Waals surface area contributed by atoms with Crippen LogP contribution >= 0.6 is 11.5 Å². The molecular weight excluding hydrogens is 486 g/mol. The van der Waals surface area contributed by atoms with E-state index >= 15 is 0 Å². The van der Waals surface area contributed by atoms with Crippen LogP contribution in [0.1, 0.15) is 76.5 Å². The number of nitrogens with zero attached hydrogens (tertiary/aromatic N) is 5. The van der Waals surface area contributed by atoms with Gasteiger partial charge in [0.25, 0.3) is 0 Å². The fourth-order valence-electron chi connectivity index (χ4n) is 5.86. The van der Waals surface area contributed by atoms with E-state index in [-0.39, 0.29) is 0 Å². The number of fused-ring (bicyclic) bond motifs is 1. The van der Waals surface area contributed by atoms with Gasteiger partial charge in [-0.25, -0.2) is 9.37 Å². The molecule has 4 rings (SSSR count). The number of allylic oxidation sites excluding steroid dienone is 1. The van der Waals surface area contributed by atoms with Crippen LogP contribution in [0.4, 0.5) is 0 Å². The van der Waals surface area contributed by atoms with Gasteiger partial charge in [0, 0.05) is 54.2 Å². The Balaban J connectivity index is 1.59. The minimum Gasteiger partial charge on any atom is -0.356 e. The quantitative estimate of drug-likeness (QED) is 0.249. The molecule has 1 saturated carbocycles. The summed E-state index contributed by atoms with van der Waals surface area (Å²) in [5.41, 5.74) is 9.07. The van der Waals surface area contributed by atoms with Crippen molar-refractivity contribution in [3.8, 4) is 11.1 Å². The van der Waals surface area contributed by atoms with Crippen molar-refractivity contribution in [2.24, 2.45) is 21.8 Å². The predicted molar refractivity (Wildman–Crippen MR) is 165 cm³/mol. The average Bonchev–Trinajstić information content (AvgIpc) is 3.48. The summed E-state index contributed by atoms with van der Waals surface area (Å²) in [7, 11) is 0. The Morgan fingerprint density at radius 1 is 1.13 bits per heavy atom. The van der Waals surface area contributed by atoms with Gasteiger partial charge in [-0.3, -0.25) is 4.99 Å². The lowest BCUT2D eigenvalue weighted by atomic mass is 9.74. The molecule has 6 heteroatoms. The first-order chi connectivity index (χ1) is 18.4. The fourth-order valence-corrected chi connectivity index (χ4v) is 6.41. The number of benzene rings is 1. The first kappa shape index (κ1) is 28.7. The van der Waals surface area contributed by atoms with Gasteiger partial charge < -0.3 is 9.80 Å². The molecule has 0 N–H and O–H groups in total. The lowest BCUT2D eigenvalue weighted by Crippen LogP contribution is -2.46. The van der Waals surface area contributed by atoms with Crippen molar-refractivity contribution in [1.29, 1.82) is 0 Å². The number of amidine groups is 1. The maximum absolute atomic E-state index is 5.19. The van der Waals surface area contributed by atoms with Gasteiger partial charge in [-0.1, -0.05) is 32.4 Å². The van der Waals surface area contributed by atoms with E-state index in [4.69, 9.17) is 9.98 Å². The van der Waals surface area contributed by atoms with Crippen LogP contribution in [0.15, 0.2) is 45.5 Å². The standard InChI is InChI=1S/C32H47N5S/c1-7-23(4)19-34-32(31-18-27(16-24(5)25(31)6)29-20-35-38-22-29)37-14-12-26-10-11-30(17-28(26)21-37)33-13-15-36(8-2)9-3/h16,18-20,22,26,28H,7-15,17,21H2,1-6H3. The largest absolute Gasteiger partial charge is 0.356 e. The third kappa shape index (κ3) is 7.01. The summed E-state index contributed by atoms with van der Waals surface area (Å²) in [5.74, 6) is 2.61. The van der Waals surface area contributed by atoms with E-state index in [1.54, 1.807) is 0 Å². The summed E-state index contributed by atoms with van der Waals surface area (Å²) in [5, 5.41) is 2.14. The van der Waals surface area contributed by atoms with Crippen LogP contribution in [0.25, 0.3) is 11.1 Å². The number of hydrogen-bond acceptors (Lipinski definition) is 5. The van der Waals surface area contributed by atoms with E-state index in [2.05, 4.69) is 79.4 Å². The maximum atomic E-state index is 5.19. The van der Waals surface area contributed by atoms with E-state index in [9.17, 15) is 0 Å². The Morgan fingerprint density at radius 2 is 1.95 bits per heavy atom. The molecule has 0 radical (unpaired) electrons. The summed E-state index contributed by atoms with van der Waals surface area (Å²) in [6.45, 7) is 19.7. The zero-order chi connectivity index (χ0) is 27.1.